The summed E-state index contributed by atoms with van der Waals surface area (Å²) in [6.07, 6.45) is 5.09. The first-order valence-electron chi connectivity index (χ1n) is 6.94. The molecule has 21 heavy (non-hydrogen) atoms. The zero-order chi connectivity index (χ0) is 15.9. The van der Waals surface area contributed by atoms with Crippen LogP contribution >= 0.6 is 22.9 Å². The van der Waals surface area contributed by atoms with E-state index in [1.165, 1.54) is 12.1 Å². The molecule has 1 rings (SSSR count). The van der Waals surface area contributed by atoms with Gasteiger partial charge in [-0.25, -0.2) is 13.1 Å². The molecular formula is C14H22ClNO3S2. The molecular weight excluding hydrogens is 330 g/mol. The molecule has 1 aromatic rings. The van der Waals surface area contributed by atoms with E-state index in [9.17, 15) is 13.5 Å². The highest BCUT2D eigenvalue weighted by Crippen LogP contribution is 2.25. The lowest BCUT2D eigenvalue weighted by molar-refractivity contribution is 0.178. The lowest BCUT2D eigenvalue weighted by Gasteiger charge is -2.12. The number of sulfonamides is 1. The Hall–Kier alpha value is -0.400. The minimum absolute atomic E-state index is 0.00316. The molecule has 1 aromatic heterocycles. The molecule has 0 bridgehead atoms. The molecule has 0 saturated carbocycles. The zero-order valence-electron chi connectivity index (χ0n) is 12.3. The van der Waals surface area contributed by atoms with E-state index in [2.05, 4.69) is 17.7 Å². The normalized spacial score (nSPS) is 14.4. The van der Waals surface area contributed by atoms with Gasteiger partial charge in [0, 0.05) is 6.54 Å². The van der Waals surface area contributed by atoms with E-state index in [1.807, 2.05) is 6.92 Å². The molecule has 0 spiro atoms. The van der Waals surface area contributed by atoms with Crippen LogP contribution in [0.3, 0.4) is 0 Å². The molecule has 120 valence electrons. The van der Waals surface area contributed by atoms with Gasteiger partial charge >= 0.3 is 0 Å². The maximum Gasteiger partial charge on any atom is 0.250 e. The van der Waals surface area contributed by atoms with E-state index >= 15 is 0 Å². The largest absolute Gasteiger partial charge is 0.391 e. The van der Waals surface area contributed by atoms with Crippen LogP contribution in [0, 0.1) is 0 Å². The number of halogens is 1. The highest BCUT2D eigenvalue weighted by Gasteiger charge is 2.18. The topological polar surface area (TPSA) is 66.4 Å². The average molecular weight is 352 g/mol. The second kappa shape index (κ2) is 8.90. The lowest BCUT2D eigenvalue weighted by Crippen LogP contribution is -2.31. The van der Waals surface area contributed by atoms with E-state index < -0.39 is 16.1 Å². The number of thiophene rings is 1. The van der Waals surface area contributed by atoms with Gasteiger partial charge in [-0.1, -0.05) is 43.0 Å². The summed E-state index contributed by atoms with van der Waals surface area (Å²) in [5, 5.41) is 9.90. The lowest BCUT2D eigenvalue weighted by atomic mass is 10.1. The molecule has 0 saturated heterocycles. The number of unbranched alkanes of at least 4 members (excludes halogenated alkanes) is 2. The third kappa shape index (κ3) is 6.93. The minimum atomic E-state index is -3.59. The van der Waals surface area contributed by atoms with Crippen LogP contribution in [0.1, 0.15) is 39.5 Å². The summed E-state index contributed by atoms with van der Waals surface area (Å²) >= 11 is 6.72. The predicted octanol–water partition coefficient (Wildman–Crippen LogP) is 3.57. The highest BCUT2D eigenvalue weighted by molar-refractivity contribution is 7.91. The van der Waals surface area contributed by atoms with Gasteiger partial charge in [-0.2, -0.15) is 0 Å². The van der Waals surface area contributed by atoms with Crippen LogP contribution in [0.2, 0.25) is 4.34 Å². The number of allylic oxidation sites excluding steroid dienone is 1. The van der Waals surface area contributed by atoms with Crippen molar-refractivity contribution < 1.29 is 13.5 Å². The summed E-state index contributed by atoms with van der Waals surface area (Å²) in [4.78, 5) is 0. The van der Waals surface area contributed by atoms with Crippen molar-refractivity contribution in [1.82, 2.24) is 4.72 Å². The molecule has 0 amide bonds. The van der Waals surface area contributed by atoms with Crippen LogP contribution in [0.15, 0.2) is 28.0 Å². The summed E-state index contributed by atoms with van der Waals surface area (Å²) in [6, 6.07) is 3.00. The number of nitrogens with one attached hydrogen (secondary N) is 1. The van der Waals surface area contributed by atoms with Crippen LogP contribution in [-0.4, -0.2) is 26.2 Å². The summed E-state index contributed by atoms with van der Waals surface area (Å²) in [5.41, 5.74) is 1.08. The summed E-state index contributed by atoms with van der Waals surface area (Å²) in [5.74, 6) is 0. The quantitative estimate of drug-likeness (QED) is 0.528. The van der Waals surface area contributed by atoms with E-state index in [0.29, 0.717) is 10.8 Å². The first-order valence-corrected chi connectivity index (χ1v) is 9.61. The molecule has 0 aliphatic rings. The van der Waals surface area contributed by atoms with E-state index in [-0.39, 0.29) is 10.8 Å². The maximum absolute atomic E-state index is 12.0. The van der Waals surface area contributed by atoms with Gasteiger partial charge in [-0.3, -0.25) is 0 Å². The van der Waals surface area contributed by atoms with Crippen LogP contribution in [0.4, 0.5) is 0 Å². The fourth-order valence-corrected chi connectivity index (χ4v) is 4.40. The summed E-state index contributed by atoms with van der Waals surface area (Å²) in [6.45, 7) is 4.08. The number of hydrogen-bond donors (Lipinski definition) is 2. The molecule has 7 heteroatoms. The molecule has 1 heterocycles. The Morgan fingerprint density at radius 2 is 2.24 bits per heavy atom. The zero-order valence-corrected chi connectivity index (χ0v) is 14.7. The summed E-state index contributed by atoms with van der Waals surface area (Å²) in [7, 11) is -3.59. The standard InChI is InChI=1S/C14H22ClNO3S2/c1-3-4-5-6-11(2)9-12(17)10-16-21(18,19)14-8-7-13(15)20-14/h6-8,12,16-17H,3-5,9-10H2,1-2H3/t12-/m1/s1. The van der Waals surface area contributed by atoms with Crippen molar-refractivity contribution in [3.8, 4) is 0 Å². The first kappa shape index (κ1) is 18.6. The molecule has 4 nitrogen and oxygen atoms in total. The summed E-state index contributed by atoms with van der Waals surface area (Å²) < 4.78 is 26.9. The van der Waals surface area contributed by atoms with Crippen LogP contribution < -0.4 is 4.72 Å². The van der Waals surface area contributed by atoms with Gasteiger partial charge in [0.25, 0.3) is 0 Å². The van der Waals surface area contributed by atoms with E-state index in [1.54, 1.807) is 0 Å². The third-order valence-electron chi connectivity index (χ3n) is 2.93. The number of aliphatic hydroxyl groups excluding tert-OH is 1. The monoisotopic (exact) mass is 351 g/mol. The van der Waals surface area contributed by atoms with Crippen molar-refractivity contribution in [1.29, 1.82) is 0 Å². The molecule has 0 aromatic carbocycles. The Labute approximate surface area is 135 Å². The van der Waals surface area contributed by atoms with Gasteiger partial charge in [0.05, 0.1) is 10.4 Å². The Bertz CT molecular complexity index is 567. The molecule has 2 N–H and O–H groups in total. The molecule has 0 radical (unpaired) electrons. The van der Waals surface area contributed by atoms with Gasteiger partial charge in [0.1, 0.15) is 4.21 Å². The Morgan fingerprint density at radius 1 is 1.52 bits per heavy atom. The van der Waals surface area contributed by atoms with Crippen molar-refractivity contribution in [2.24, 2.45) is 0 Å². The van der Waals surface area contributed by atoms with E-state index in [4.69, 9.17) is 11.6 Å². The van der Waals surface area contributed by atoms with Crippen LogP contribution in [-0.2, 0) is 10.0 Å². The maximum atomic E-state index is 12.0. The van der Waals surface area contributed by atoms with Gasteiger partial charge in [0.15, 0.2) is 0 Å². The fourth-order valence-electron chi connectivity index (χ4n) is 1.80. The second-order valence-electron chi connectivity index (χ2n) is 4.96. The minimum Gasteiger partial charge on any atom is -0.391 e. The smallest absolute Gasteiger partial charge is 0.250 e. The first-order chi connectivity index (χ1) is 9.85. The second-order valence-corrected chi connectivity index (χ2v) is 8.67. The van der Waals surface area contributed by atoms with Gasteiger partial charge in [-0.05, 0) is 31.9 Å². The molecule has 0 fully saturated rings. The molecule has 0 aliphatic carbocycles. The van der Waals surface area contributed by atoms with Crippen molar-refractivity contribution >= 4 is 33.0 Å². The average Bonchev–Trinajstić information content (AvgIpc) is 2.84. The van der Waals surface area contributed by atoms with Crippen molar-refractivity contribution in [3.63, 3.8) is 0 Å². The fraction of sp³-hybridized carbons (Fsp3) is 0.571. The van der Waals surface area contributed by atoms with Gasteiger partial charge in [-0.15, -0.1) is 11.3 Å². The van der Waals surface area contributed by atoms with Crippen LogP contribution in [0.5, 0.6) is 0 Å². The van der Waals surface area contributed by atoms with Crippen molar-refractivity contribution in [3.05, 3.63) is 28.1 Å². The number of rotatable bonds is 9. The highest BCUT2D eigenvalue weighted by atomic mass is 35.5. The Balaban J connectivity index is 2.45. The molecule has 0 unspecified atom stereocenters. The van der Waals surface area contributed by atoms with Gasteiger partial charge < -0.3 is 5.11 Å². The van der Waals surface area contributed by atoms with Crippen LogP contribution in [0.25, 0.3) is 0 Å². The molecule has 0 aliphatic heterocycles. The van der Waals surface area contributed by atoms with Crippen molar-refractivity contribution in [2.45, 2.75) is 49.8 Å². The van der Waals surface area contributed by atoms with Crippen molar-refractivity contribution in [2.75, 3.05) is 6.54 Å². The Morgan fingerprint density at radius 3 is 2.81 bits per heavy atom. The third-order valence-corrected chi connectivity index (χ3v) is 6.08. The SMILES string of the molecule is CCCCC=C(C)C[C@@H](O)CNS(=O)(=O)c1ccc(Cl)s1. The van der Waals surface area contributed by atoms with Gasteiger partial charge in [0.2, 0.25) is 10.0 Å². The predicted molar refractivity (Wildman–Crippen MR) is 88.4 cm³/mol. The molecule has 1 atom stereocenters. The number of aliphatic hydroxyl groups is 1. The van der Waals surface area contributed by atoms with E-state index in [0.717, 1.165) is 36.2 Å². The number of hydrogen-bond acceptors (Lipinski definition) is 4. The Kier molecular flexibility index (Phi) is 7.90.